The standard InChI is InChI=1S/C16H14F4N2O3/c1-24-11(23)3-2-8-25-10-6-4-9(5-7-10)21-14-12(17)15(19)22-16(20)13(14)18/h4-7H,2-3,8H2,1H3,(H,21,22). The third-order valence-electron chi connectivity index (χ3n) is 3.14. The SMILES string of the molecule is COC(=O)CCCOc1ccc(Nc2c(F)c(F)nc(F)c2F)cc1. The van der Waals surface area contributed by atoms with E-state index in [0.717, 1.165) is 0 Å². The Morgan fingerprint density at radius 1 is 1.08 bits per heavy atom. The van der Waals surface area contributed by atoms with Crippen LogP contribution in [0.15, 0.2) is 24.3 Å². The molecule has 2 rings (SSSR count). The number of hydrogen-bond acceptors (Lipinski definition) is 5. The minimum atomic E-state index is -1.74. The Bertz CT molecular complexity index is 728. The smallest absolute Gasteiger partial charge is 0.305 e. The minimum absolute atomic E-state index is 0.185. The van der Waals surface area contributed by atoms with Gasteiger partial charge in [-0.15, -0.1) is 0 Å². The van der Waals surface area contributed by atoms with Gasteiger partial charge in [0.25, 0.3) is 11.9 Å². The molecule has 0 aliphatic heterocycles. The summed E-state index contributed by atoms with van der Waals surface area (Å²) in [5.74, 6) is -6.63. The number of nitrogens with zero attached hydrogens (tertiary/aromatic N) is 1. The van der Waals surface area contributed by atoms with Gasteiger partial charge in [-0.05, 0) is 30.7 Å². The summed E-state index contributed by atoms with van der Waals surface area (Å²) in [6.45, 7) is 0.270. The Kier molecular flexibility index (Phi) is 6.15. The van der Waals surface area contributed by atoms with Gasteiger partial charge in [-0.2, -0.15) is 22.5 Å². The Morgan fingerprint density at radius 2 is 1.68 bits per heavy atom. The zero-order valence-corrected chi connectivity index (χ0v) is 13.1. The molecule has 134 valence electrons. The average molecular weight is 358 g/mol. The van der Waals surface area contributed by atoms with Crippen molar-refractivity contribution in [3.05, 3.63) is 47.8 Å². The van der Waals surface area contributed by atoms with E-state index in [0.29, 0.717) is 12.2 Å². The van der Waals surface area contributed by atoms with Crippen molar-refractivity contribution < 1.29 is 31.8 Å². The summed E-state index contributed by atoms with van der Waals surface area (Å²) in [4.78, 5) is 13.4. The number of carbonyl (C=O) groups is 1. The molecule has 9 heteroatoms. The van der Waals surface area contributed by atoms with E-state index in [1.165, 1.54) is 31.4 Å². The third kappa shape index (κ3) is 4.82. The van der Waals surface area contributed by atoms with Crippen LogP contribution in [-0.4, -0.2) is 24.7 Å². The molecule has 5 nitrogen and oxygen atoms in total. The van der Waals surface area contributed by atoms with Gasteiger partial charge < -0.3 is 14.8 Å². The first-order valence-electron chi connectivity index (χ1n) is 7.19. The molecule has 0 radical (unpaired) electrons. The molecule has 0 atom stereocenters. The Balaban J connectivity index is 1.98. The number of benzene rings is 1. The normalized spacial score (nSPS) is 10.4. The van der Waals surface area contributed by atoms with Crippen molar-refractivity contribution in [1.82, 2.24) is 4.98 Å². The topological polar surface area (TPSA) is 60.5 Å². The van der Waals surface area contributed by atoms with Gasteiger partial charge in [0.05, 0.1) is 13.7 Å². The molecule has 1 heterocycles. The highest BCUT2D eigenvalue weighted by atomic mass is 19.2. The van der Waals surface area contributed by atoms with E-state index in [-0.39, 0.29) is 24.7 Å². The highest BCUT2D eigenvalue weighted by molar-refractivity contribution is 5.69. The second-order valence-corrected chi connectivity index (χ2v) is 4.87. The first kappa shape index (κ1) is 18.5. The summed E-state index contributed by atoms with van der Waals surface area (Å²) >= 11 is 0. The van der Waals surface area contributed by atoms with Crippen LogP contribution in [0.3, 0.4) is 0 Å². The first-order chi connectivity index (χ1) is 11.9. The number of methoxy groups -OCH3 is 1. The van der Waals surface area contributed by atoms with Crippen molar-refractivity contribution in [1.29, 1.82) is 0 Å². The molecule has 0 fully saturated rings. The lowest BCUT2D eigenvalue weighted by Gasteiger charge is -2.10. The number of ether oxygens (including phenoxy) is 2. The second kappa shape index (κ2) is 8.32. The van der Waals surface area contributed by atoms with Crippen LogP contribution in [0.2, 0.25) is 0 Å². The van der Waals surface area contributed by atoms with Crippen LogP contribution in [-0.2, 0) is 9.53 Å². The maximum Gasteiger partial charge on any atom is 0.305 e. The number of rotatable bonds is 7. The molecule has 0 amide bonds. The molecule has 0 aliphatic rings. The Morgan fingerprint density at radius 3 is 2.24 bits per heavy atom. The molecule has 0 saturated carbocycles. The summed E-state index contributed by atoms with van der Waals surface area (Å²) in [6.07, 6.45) is 0.673. The van der Waals surface area contributed by atoms with Crippen molar-refractivity contribution >= 4 is 17.3 Å². The fourth-order valence-electron chi connectivity index (χ4n) is 1.88. The van der Waals surface area contributed by atoms with E-state index < -0.39 is 29.2 Å². The molecule has 2 aromatic rings. The van der Waals surface area contributed by atoms with Crippen LogP contribution in [0, 0.1) is 23.5 Å². The highest BCUT2D eigenvalue weighted by Gasteiger charge is 2.20. The van der Waals surface area contributed by atoms with E-state index in [2.05, 4.69) is 15.0 Å². The lowest BCUT2D eigenvalue weighted by atomic mass is 10.2. The van der Waals surface area contributed by atoms with Crippen molar-refractivity contribution in [3.63, 3.8) is 0 Å². The molecule has 1 aromatic heterocycles. The minimum Gasteiger partial charge on any atom is -0.494 e. The third-order valence-corrected chi connectivity index (χ3v) is 3.14. The number of aromatic nitrogens is 1. The maximum atomic E-state index is 13.5. The monoisotopic (exact) mass is 358 g/mol. The second-order valence-electron chi connectivity index (χ2n) is 4.87. The number of nitrogens with one attached hydrogen (secondary N) is 1. The highest BCUT2D eigenvalue weighted by Crippen LogP contribution is 2.26. The van der Waals surface area contributed by atoms with Crippen molar-refractivity contribution in [2.45, 2.75) is 12.8 Å². The number of hydrogen-bond donors (Lipinski definition) is 1. The van der Waals surface area contributed by atoms with Crippen LogP contribution in [0.1, 0.15) is 12.8 Å². The van der Waals surface area contributed by atoms with Crippen molar-refractivity contribution in [2.75, 3.05) is 19.0 Å². The van der Waals surface area contributed by atoms with E-state index in [1.54, 1.807) is 0 Å². The molecular weight excluding hydrogens is 344 g/mol. The number of halogens is 4. The van der Waals surface area contributed by atoms with Gasteiger partial charge in [-0.1, -0.05) is 0 Å². The number of esters is 1. The molecule has 0 spiro atoms. The van der Waals surface area contributed by atoms with Gasteiger partial charge in [0, 0.05) is 12.1 Å². The number of pyridine rings is 1. The molecule has 0 bridgehead atoms. The summed E-state index contributed by atoms with van der Waals surface area (Å²) in [7, 11) is 1.29. The fourth-order valence-corrected chi connectivity index (χ4v) is 1.88. The van der Waals surface area contributed by atoms with E-state index in [4.69, 9.17) is 4.74 Å². The summed E-state index contributed by atoms with van der Waals surface area (Å²) in [5, 5.41) is 2.25. The van der Waals surface area contributed by atoms with E-state index in [9.17, 15) is 22.4 Å². The maximum absolute atomic E-state index is 13.5. The Labute approximate surface area is 140 Å². The molecule has 25 heavy (non-hydrogen) atoms. The van der Waals surface area contributed by atoms with Gasteiger partial charge in [0.2, 0.25) is 11.6 Å². The number of carbonyl (C=O) groups excluding carboxylic acids is 1. The zero-order chi connectivity index (χ0) is 18.4. The van der Waals surface area contributed by atoms with Gasteiger partial charge in [0.1, 0.15) is 11.4 Å². The largest absolute Gasteiger partial charge is 0.494 e. The summed E-state index contributed by atoms with van der Waals surface area (Å²) in [6, 6.07) is 5.80. The van der Waals surface area contributed by atoms with Gasteiger partial charge in [-0.3, -0.25) is 4.79 Å². The first-order valence-corrected chi connectivity index (χ1v) is 7.19. The van der Waals surface area contributed by atoms with Crippen molar-refractivity contribution in [3.8, 4) is 5.75 Å². The van der Waals surface area contributed by atoms with Crippen LogP contribution in [0.25, 0.3) is 0 Å². The van der Waals surface area contributed by atoms with E-state index in [1.807, 2.05) is 0 Å². The van der Waals surface area contributed by atoms with Gasteiger partial charge in [0.15, 0.2) is 0 Å². The molecular formula is C16H14F4N2O3. The molecule has 0 aliphatic carbocycles. The predicted octanol–water partition coefficient (Wildman–Crippen LogP) is 3.71. The van der Waals surface area contributed by atoms with E-state index >= 15 is 0 Å². The molecule has 1 N–H and O–H groups in total. The fraction of sp³-hybridized carbons (Fsp3) is 0.250. The molecule has 0 saturated heterocycles. The summed E-state index contributed by atoms with van der Waals surface area (Å²) < 4.78 is 63.1. The van der Waals surface area contributed by atoms with Crippen molar-refractivity contribution in [2.24, 2.45) is 0 Å². The zero-order valence-electron chi connectivity index (χ0n) is 13.1. The predicted molar refractivity (Wildman–Crippen MR) is 80.5 cm³/mol. The van der Waals surface area contributed by atoms with Gasteiger partial charge in [-0.25, -0.2) is 0 Å². The molecule has 0 unspecified atom stereocenters. The van der Waals surface area contributed by atoms with Crippen LogP contribution < -0.4 is 10.1 Å². The average Bonchev–Trinajstić information content (AvgIpc) is 2.61. The van der Waals surface area contributed by atoms with Crippen LogP contribution in [0.4, 0.5) is 28.9 Å². The summed E-state index contributed by atoms with van der Waals surface area (Å²) in [5.41, 5.74) is -0.790. The van der Waals surface area contributed by atoms with Crippen LogP contribution in [0.5, 0.6) is 5.75 Å². The van der Waals surface area contributed by atoms with Gasteiger partial charge >= 0.3 is 5.97 Å². The molecule has 1 aromatic carbocycles. The van der Waals surface area contributed by atoms with Crippen LogP contribution >= 0.6 is 0 Å². The lowest BCUT2D eigenvalue weighted by Crippen LogP contribution is -2.06. The Hall–Kier alpha value is -2.84. The lowest BCUT2D eigenvalue weighted by molar-refractivity contribution is -0.140. The number of anilines is 2. The quantitative estimate of drug-likeness (QED) is 0.354.